The van der Waals surface area contributed by atoms with E-state index >= 15 is 0 Å². The number of carbonyl (C=O) groups excluding carboxylic acids is 2. The highest BCUT2D eigenvalue weighted by Gasteiger charge is 2.10. The predicted octanol–water partition coefficient (Wildman–Crippen LogP) is 4.55. The molecule has 2 aromatic carbocycles. The van der Waals surface area contributed by atoms with E-state index in [9.17, 15) is 18.4 Å². The molecular formula is C16H12ClF2NO2S. The van der Waals surface area contributed by atoms with Gasteiger partial charge in [-0.3, -0.25) is 9.59 Å². The molecule has 2 rings (SSSR count). The van der Waals surface area contributed by atoms with Crippen LogP contribution in [0.2, 0.25) is 5.02 Å². The summed E-state index contributed by atoms with van der Waals surface area (Å²) in [6, 6.07) is 7.92. The number of halogens is 3. The van der Waals surface area contributed by atoms with Crippen molar-refractivity contribution in [3.63, 3.8) is 0 Å². The van der Waals surface area contributed by atoms with Gasteiger partial charge in [0.05, 0.1) is 10.8 Å². The van der Waals surface area contributed by atoms with Gasteiger partial charge in [-0.2, -0.15) is 0 Å². The van der Waals surface area contributed by atoms with Crippen LogP contribution in [0.4, 0.5) is 14.5 Å². The van der Waals surface area contributed by atoms with Crippen molar-refractivity contribution in [2.45, 2.75) is 11.8 Å². The molecule has 7 heteroatoms. The molecule has 0 aliphatic rings. The Morgan fingerprint density at radius 2 is 1.87 bits per heavy atom. The number of thioether (sulfide) groups is 1. The maximum atomic E-state index is 13.8. The molecule has 0 saturated carbocycles. The Balaban J connectivity index is 1.96. The summed E-state index contributed by atoms with van der Waals surface area (Å²) in [6.07, 6.45) is 0. The van der Waals surface area contributed by atoms with E-state index in [2.05, 4.69) is 5.32 Å². The standard InChI is InChI=1S/C16H12ClF2NO2S/c1-9(21)10-2-5-15(14(19)6-10)23-8-16(22)20-11-3-4-13(18)12(17)7-11/h2-7H,8H2,1H3,(H,20,22). The molecule has 0 unspecified atom stereocenters. The second-order valence-electron chi connectivity index (χ2n) is 4.67. The maximum Gasteiger partial charge on any atom is 0.234 e. The Bertz CT molecular complexity index is 768. The molecule has 0 aliphatic heterocycles. The van der Waals surface area contributed by atoms with E-state index in [4.69, 9.17) is 11.6 Å². The van der Waals surface area contributed by atoms with Gasteiger partial charge in [-0.1, -0.05) is 17.7 Å². The fraction of sp³-hybridized carbons (Fsp3) is 0.125. The van der Waals surface area contributed by atoms with Crippen molar-refractivity contribution in [1.29, 1.82) is 0 Å². The summed E-state index contributed by atoms with van der Waals surface area (Å²) in [4.78, 5) is 23.2. The fourth-order valence-electron chi connectivity index (χ4n) is 1.75. The summed E-state index contributed by atoms with van der Waals surface area (Å²) >= 11 is 6.62. The Hall–Kier alpha value is -1.92. The second-order valence-corrected chi connectivity index (χ2v) is 6.09. The molecule has 1 N–H and O–H groups in total. The van der Waals surface area contributed by atoms with Crippen LogP contribution in [0.15, 0.2) is 41.3 Å². The van der Waals surface area contributed by atoms with E-state index in [-0.39, 0.29) is 32.9 Å². The minimum Gasteiger partial charge on any atom is -0.325 e. The first-order valence-corrected chi connectivity index (χ1v) is 7.91. The molecule has 0 fully saturated rings. The third-order valence-corrected chi connectivity index (χ3v) is 4.24. The van der Waals surface area contributed by atoms with Gasteiger partial charge in [0.1, 0.15) is 11.6 Å². The molecule has 2 aromatic rings. The normalized spacial score (nSPS) is 10.4. The van der Waals surface area contributed by atoms with E-state index in [0.717, 1.165) is 23.9 Å². The average molecular weight is 356 g/mol. The highest BCUT2D eigenvalue weighted by atomic mass is 35.5. The van der Waals surface area contributed by atoms with Crippen LogP contribution in [0.1, 0.15) is 17.3 Å². The number of anilines is 1. The van der Waals surface area contributed by atoms with Crippen LogP contribution < -0.4 is 5.32 Å². The molecule has 120 valence electrons. The molecule has 0 bridgehead atoms. The smallest absolute Gasteiger partial charge is 0.234 e. The third kappa shape index (κ3) is 4.77. The molecule has 0 atom stereocenters. The molecule has 0 aliphatic carbocycles. The largest absolute Gasteiger partial charge is 0.325 e. The van der Waals surface area contributed by atoms with Gasteiger partial charge >= 0.3 is 0 Å². The average Bonchev–Trinajstić information content (AvgIpc) is 2.49. The number of benzene rings is 2. The lowest BCUT2D eigenvalue weighted by molar-refractivity contribution is -0.113. The number of rotatable bonds is 5. The quantitative estimate of drug-likeness (QED) is 0.632. The summed E-state index contributed by atoms with van der Waals surface area (Å²) in [6.45, 7) is 1.35. The van der Waals surface area contributed by atoms with Gasteiger partial charge in [0.2, 0.25) is 5.91 Å². The van der Waals surface area contributed by atoms with Crippen LogP contribution >= 0.6 is 23.4 Å². The summed E-state index contributed by atoms with van der Waals surface area (Å²) in [5.41, 5.74) is 0.631. The van der Waals surface area contributed by atoms with Gasteiger partial charge in [0.15, 0.2) is 5.78 Å². The number of amides is 1. The monoisotopic (exact) mass is 355 g/mol. The number of carbonyl (C=O) groups is 2. The zero-order valence-electron chi connectivity index (χ0n) is 12.0. The lowest BCUT2D eigenvalue weighted by Gasteiger charge is -2.07. The van der Waals surface area contributed by atoms with E-state index in [1.54, 1.807) is 0 Å². The zero-order chi connectivity index (χ0) is 17.0. The van der Waals surface area contributed by atoms with Crippen molar-refractivity contribution in [3.05, 3.63) is 58.6 Å². The van der Waals surface area contributed by atoms with Gasteiger partial charge in [0.25, 0.3) is 0 Å². The number of ketones is 1. The molecule has 0 aromatic heterocycles. The summed E-state index contributed by atoms with van der Waals surface area (Å²) in [7, 11) is 0. The van der Waals surface area contributed by atoms with Crippen molar-refractivity contribution in [1.82, 2.24) is 0 Å². The van der Waals surface area contributed by atoms with Crippen molar-refractivity contribution in [2.24, 2.45) is 0 Å². The molecule has 0 radical (unpaired) electrons. The topological polar surface area (TPSA) is 46.2 Å². The Morgan fingerprint density at radius 3 is 2.48 bits per heavy atom. The van der Waals surface area contributed by atoms with Gasteiger partial charge in [-0.15, -0.1) is 11.8 Å². The minimum absolute atomic E-state index is 0.0364. The molecule has 1 amide bonds. The number of hydrogen-bond acceptors (Lipinski definition) is 3. The van der Waals surface area contributed by atoms with Gasteiger partial charge in [0, 0.05) is 16.1 Å². The summed E-state index contributed by atoms with van der Waals surface area (Å²) in [5, 5.41) is 2.45. The first-order chi connectivity index (χ1) is 10.9. The van der Waals surface area contributed by atoms with Crippen LogP contribution in [0.3, 0.4) is 0 Å². The van der Waals surface area contributed by atoms with Crippen LogP contribution in [-0.4, -0.2) is 17.4 Å². The molecule has 23 heavy (non-hydrogen) atoms. The lowest BCUT2D eigenvalue weighted by Crippen LogP contribution is -2.14. The Kier molecular flexibility index (Phi) is 5.74. The Morgan fingerprint density at radius 1 is 1.13 bits per heavy atom. The third-order valence-electron chi connectivity index (χ3n) is 2.90. The summed E-state index contributed by atoms with van der Waals surface area (Å²) < 4.78 is 26.8. The van der Waals surface area contributed by atoms with Crippen molar-refractivity contribution < 1.29 is 18.4 Å². The van der Waals surface area contributed by atoms with Gasteiger partial charge < -0.3 is 5.32 Å². The predicted molar refractivity (Wildman–Crippen MR) is 87.2 cm³/mol. The molecule has 0 spiro atoms. The zero-order valence-corrected chi connectivity index (χ0v) is 13.6. The van der Waals surface area contributed by atoms with Crippen LogP contribution in [-0.2, 0) is 4.79 Å². The number of Topliss-reactive ketones (excluding diaryl/α,β-unsaturated/α-hetero) is 1. The summed E-state index contributed by atoms with van der Waals surface area (Å²) in [5.74, 6) is -1.78. The van der Waals surface area contributed by atoms with Gasteiger partial charge in [-0.25, -0.2) is 8.78 Å². The second kappa shape index (κ2) is 7.57. The molecule has 0 heterocycles. The van der Waals surface area contributed by atoms with Crippen molar-refractivity contribution in [3.8, 4) is 0 Å². The highest BCUT2D eigenvalue weighted by molar-refractivity contribution is 8.00. The van der Waals surface area contributed by atoms with E-state index in [1.165, 1.54) is 31.2 Å². The lowest BCUT2D eigenvalue weighted by atomic mass is 10.1. The Labute approximate surface area is 141 Å². The fourth-order valence-corrected chi connectivity index (χ4v) is 2.65. The van der Waals surface area contributed by atoms with E-state index in [1.807, 2.05) is 0 Å². The van der Waals surface area contributed by atoms with Crippen molar-refractivity contribution in [2.75, 3.05) is 11.1 Å². The van der Waals surface area contributed by atoms with Crippen LogP contribution in [0, 0.1) is 11.6 Å². The molecule has 3 nitrogen and oxygen atoms in total. The number of nitrogens with one attached hydrogen (secondary N) is 1. The molecular weight excluding hydrogens is 344 g/mol. The number of hydrogen-bond donors (Lipinski definition) is 1. The van der Waals surface area contributed by atoms with Crippen LogP contribution in [0.25, 0.3) is 0 Å². The van der Waals surface area contributed by atoms with Crippen LogP contribution in [0.5, 0.6) is 0 Å². The van der Waals surface area contributed by atoms with E-state index < -0.39 is 11.6 Å². The van der Waals surface area contributed by atoms with Gasteiger partial charge in [-0.05, 0) is 37.3 Å². The maximum absolute atomic E-state index is 13.8. The van der Waals surface area contributed by atoms with Crippen molar-refractivity contribution >= 4 is 40.7 Å². The first kappa shape index (κ1) is 17.4. The first-order valence-electron chi connectivity index (χ1n) is 6.55. The highest BCUT2D eigenvalue weighted by Crippen LogP contribution is 2.24. The minimum atomic E-state index is -0.577. The molecule has 0 saturated heterocycles. The van der Waals surface area contributed by atoms with E-state index in [0.29, 0.717) is 5.69 Å². The SMILES string of the molecule is CC(=O)c1ccc(SCC(=O)Nc2ccc(F)c(Cl)c2)c(F)c1.